The Bertz CT molecular complexity index is 292. The Hall–Kier alpha value is -0.680. The Kier molecular flexibility index (Phi) is 6.44. The topological polar surface area (TPSA) is 52.6 Å². The molecule has 17 heavy (non-hydrogen) atoms. The van der Waals surface area contributed by atoms with Gasteiger partial charge in [0.15, 0.2) is 0 Å². The van der Waals surface area contributed by atoms with Gasteiger partial charge in [-0.15, -0.1) is 0 Å². The zero-order valence-corrected chi connectivity index (χ0v) is 11.3. The molecule has 0 aromatic heterocycles. The SMILES string of the molecule is CCC1=C(CNC(=O)N(S)CCO)CCCC1. The van der Waals surface area contributed by atoms with Crippen molar-refractivity contribution in [2.45, 2.75) is 39.0 Å². The molecule has 0 saturated carbocycles. The van der Waals surface area contributed by atoms with Crippen LogP contribution < -0.4 is 5.32 Å². The van der Waals surface area contributed by atoms with Crippen molar-refractivity contribution >= 4 is 18.8 Å². The van der Waals surface area contributed by atoms with E-state index in [2.05, 4.69) is 25.1 Å². The Morgan fingerprint density at radius 3 is 2.65 bits per heavy atom. The Labute approximate surface area is 109 Å². The molecule has 1 aliphatic carbocycles. The predicted molar refractivity (Wildman–Crippen MR) is 72.0 cm³/mol. The van der Waals surface area contributed by atoms with E-state index in [1.165, 1.54) is 34.7 Å². The summed E-state index contributed by atoms with van der Waals surface area (Å²) in [7, 11) is 0. The summed E-state index contributed by atoms with van der Waals surface area (Å²) in [5.41, 5.74) is 2.86. The molecule has 1 aliphatic rings. The highest BCUT2D eigenvalue weighted by Gasteiger charge is 2.13. The van der Waals surface area contributed by atoms with Gasteiger partial charge in [-0.2, -0.15) is 0 Å². The first-order chi connectivity index (χ1) is 8.19. The molecule has 0 aromatic carbocycles. The molecule has 0 aliphatic heterocycles. The van der Waals surface area contributed by atoms with E-state index in [0.717, 1.165) is 12.8 Å². The summed E-state index contributed by atoms with van der Waals surface area (Å²) < 4.78 is 1.20. The average molecular weight is 258 g/mol. The molecule has 0 radical (unpaired) electrons. The molecule has 2 N–H and O–H groups in total. The molecule has 0 saturated heterocycles. The number of carbonyl (C=O) groups excluding carboxylic acids is 1. The number of aliphatic hydroxyl groups is 1. The number of allylic oxidation sites excluding steroid dienone is 1. The molecule has 2 amide bonds. The molecule has 0 atom stereocenters. The minimum atomic E-state index is -0.240. The largest absolute Gasteiger partial charge is 0.394 e. The van der Waals surface area contributed by atoms with E-state index >= 15 is 0 Å². The lowest BCUT2D eigenvalue weighted by atomic mass is 9.90. The molecule has 0 heterocycles. The van der Waals surface area contributed by atoms with Crippen molar-refractivity contribution in [3.63, 3.8) is 0 Å². The second-order valence-corrected chi connectivity index (χ2v) is 4.76. The third-order valence-electron chi connectivity index (χ3n) is 3.13. The molecular weight excluding hydrogens is 236 g/mol. The fourth-order valence-corrected chi connectivity index (χ4v) is 2.30. The van der Waals surface area contributed by atoms with Gasteiger partial charge in [0.25, 0.3) is 0 Å². The molecule has 0 bridgehead atoms. The van der Waals surface area contributed by atoms with E-state index < -0.39 is 0 Å². The first-order valence-electron chi connectivity index (χ1n) is 6.24. The fraction of sp³-hybridized carbons (Fsp3) is 0.750. The number of rotatable bonds is 5. The van der Waals surface area contributed by atoms with Gasteiger partial charge < -0.3 is 10.4 Å². The van der Waals surface area contributed by atoms with E-state index in [1.54, 1.807) is 0 Å². The average Bonchev–Trinajstić information content (AvgIpc) is 2.36. The third kappa shape index (κ3) is 4.60. The van der Waals surface area contributed by atoms with Crippen molar-refractivity contribution in [3.05, 3.63) is 11.1 Å². The number of urea groups is 1. The predicted octanol–water partition coefficient (Wildman–Crippen LogP) is 2.12. The molecular formula is C12H22N2O2S. The number of nitrogens with zero attached hydrogens (tertiary/aromatic N) is 1. The van der Waals surface area contributed by atoms with Crippen LogP contribution in [0.4, 0.5) is 4.79 Å². The highest BCUT2D eigenvalue weighted by atomic mass is 32.1. The van der Waals surface area contributed by atoms with Crippen LogP contribution in [0, 0.1) is 0 Å². The molecule has 98 valence electrons. The van der Waals surface area contributed by atoms with Gasteiger partial charge in [0, 0.05) is 6.54 Å². The number of hydrogen-bond acceptors (Lipinski definition) is 3. The van der Waals surface area contributed by atoms with Crippen LogP contribution in [0.15, 0.2) is 11.1 Å². The van der Waals surface area contributed by atoms with Crippen LogP contribution in [0.25, 0.3) is 0 Å². The standard InChI is InChI=1S/C12H22N2O2S/c1-2-10-5-3-4-6-11(10)9-13-12(16)14(17)7-8-15/h15,17H,2-9H2,1H3,(H,13,16). The Morgan fingerprint density at radius 2 is 2.06 bits per heavy atom. The zero-order chi connectivity index (χ0) is 12.7. The summed E-state index contributed by atoms with van der Waals surface area (Å²) in [6, 6.07) is -0.240. The van der Waals surface area contributed by atoms with Crippen LogP contribution >= 0.6 is 12.8 Å². The Balaban J connectivity index is 2.43. The van der Waals surface area contributed by atoms with Gasteiger partial charge in [0.05, 0.1) is 13.2 Å². The molecule has 5 heteroatoms. The van der Waals surface area contributed by atoms with Crippen molar-refractivity contribution in [1.29, 1.82) is 0 Å². The summed E-state index contributed by atoms with van der Waals surface area (Å²) in [6.07, 6.45) is 5.82. The van der Waals surface area contributed by atoms with Crippen LogP contribution in [-0.4, -0.2) is 35.1 Å². The number of carbonyl (C=O) groups is 1. The van der Waals surface area contributed by atoms with Gasteiger partial charge in [-0.05, 0) is 32.1 Å². The van der Waals surface area contributed by atoms with Gasteiger partial charge in [-0.1, -0.05) is 30.9 Å². The highest BCUT2D eigenvalue weighted by Crippen LogP contribution is 2.26. The number of aliphatic hydroxyl groups excluding tert-OH is 1. The minimum absolute atomic E-state index is 0.0696. The molecule has 0 aromatic rings. The lowest BCUT2D eigenvalue weighted by Gasteiger charge is -2.21. The van der Waals surface area contributed by atoms with Gasteiger partial charge in [0.1, 0.15) is 0 Å². The summed E-state index contributed by atoms with van der Waals surface area (Å²) in [6.45, 7) is 2.96. The molecule has 0 fully saturated rings. The van der Waals surface area contributed by atoms with Gasteiger partial charge in [0.2, 0.25) is 0 Å². The first-order valence-corrected chi connectivity index (χ1v) is 6.64. The number of hydrogen-bond donors (Lipinski definition) is 3. The second kappa shape index (κ2) is 7.61. The summed E-state index contributed by atoms with van der Waals surface area (Å²) >= 11 is 3.99. The van der Waals surface area contributed by atoms with E-state index in [9.17, 15) is 4.79 Å². The highest BCUT2D eigenvalue weighted by molar-refractivity contribution is 7.78. The van der Waals surface area contributed by atoms with Gasteiger partial charge in [-0.25, -0.2) is 4.79 Å². The number of nitrogens with one attached hydrogen (secondary N) is 1. The van der Waals surface area contributed by atoms with Crippen LogP contribution in [0.1, 0.15) is 39.0 Å². The monoisotopic (exact) mass is 258 g/mol. The normalized spacial score (nSPS) is 15.9. The zero-order valence-electron chi connectivity index (χ0n) is 10.4. The third-order valence-corrected chi connectivity index (χ3v) is 3.51. The van der Waals surface area contributed by atoms with Crippen molar-refractivity contribution in [2.24, 2.45) is 0 Å². The lowest BCUT2D eigenvalue weighted by molar-refractivity contribution is 0.214. The van der Waals surface area contributed by atoms with Crippen LogP contribution in [0.5, 0.6) is 0 Å². The summed E-state index contributed by atoms with van der Waals surface area (Å²) in [5, 5.41) is 11.5. The van der Waals surface area contributed by atoms with Crippen molar-refractivity contribution in [2.75, 3.05) is 19.7 Å². The molecule has 1 rings (SSSR count). The smallest absolute Gasteiger partial charge is 0.327 e. The van der Waals surface area contributed by atoms with Crippen LogP contribution in [0.2, 0.25) is 0 Å². The van der Waals surface area contributed by atoms with Gasteiger partial charge >= 0.3 is 6.03 Å². The van der Waals surface area contributed by atoms with Crippen molar-refractivity contribution in [3.8, 4) is 0 Å². The fourth-order valence-electron chi connectivity index (χ4n) is 2.14. The Morgan fingerprint density at radius 1 is 1.41 bits per heavy atom. The van der Waals surface area contributed by atoms with E-state index in [0.29, 0.717) is 6.54 Å². The van der Waals surface area contributed by atoms with Crippen LogP contribution in [0.3, 0.4) is 0 Å². The summed E-state index contributed by atoms with van der Waals surface area (Å²) in [4.78, 5) is 11.6. The maximum absolute atomic E-state index is 11.6. The van der Waals surface area contributed by atoms with Crippen LogP contribution in [-0.2, 0) is 0 Å². The summed E-state index contributed by atoms with van der Waals surface area (Å²) in [5.74, 6) is 0. The van der Waals surface area contributed by atoms with Crippen molar-refractivity contribution < 1.29 is 9.90 Å². The number of thiol groups is 1. The lowest BCUT2D eigenvalue weighted by Crippen LogP contribution is -2.37. The maximum Gasteiger partial charge on any atom is 0.327 e. The molecule has 4 nitrogen and oxygen atoms in total. The van der Waals surface area contributed by atoms with E-state index in [-0.39, 0.29) is 19.2 Å². The quantitative estimate of drug-likeness (QED) is 0.522. The first kappa shape index (κ1) is 14.4. The number of amides is 2. The van der Waals surface area contributed by atoms with Gasteiger partial charge in [-0.3, -0.25) is 4.31 Å². The van der Waals surface area contributed by atoms with E-state index in [1.807, 2.05) is 0 Å². The minimum Gasteiger partial charge on any atom is -0.394 e. The van der Waals surface area contributed by atoms with E-state index in [4.69, 9.17) is 5.11 Å². The molecule has 0 unspecified atom stereocenters. The maximum atomic E-state index is 11.6. The molecule has 0 spiro atoms. The second-order valence-electron chi connectivity index (χ2n) is 4.27. The van der Waals surface area contributed by atoms with Crippen molar-refractivity contribution in [1.82, 2.24) is 9.62 Å².